The number of aromatic nitrogens is 3. The van der Waals surface area contributed by atoms with Crippen molar-refractivity contribution in [2.45, 2.75) is 88.1 Å². The summed E-state index contributed by atoms with van der Waals surface area (Å²) in [6.07, 6.45) is -1.19. The van der Waals surface area contributed by atoms with Crippen molar-refractivity contribution in [1.29, 1.82) is 0 Å². The van der Waals surface area contributed by atoms with Gasteiger partial charge in [-0.05, 0) is 63.6 Å². The fraction of sp³-hybridized carbons (Fsp3) is 0.531. The lowest BCUT2D eigenvalue weighted by molar-refractivity contribution is -0.137. The van der Waals surface area contributed by atoms with Gasteiger partial charge in [0.25, 0.3) is 0 Å². The third-order valence-electron chi connectivity index (χ3n) is 10.1. The molecule has 8 rings (SSSR count). The normalized spacial score (nSPS) is 26.9. The number of nitrogens with two attached hydrogens (primary N) is 1. The van der Waals surface area contributed by atoms with E-state index in [9.17, 15) is 22.0 Å². The summed E-state index contributed by atoms with van der Waals surface area (Å²) >= 11 is 7.82. The number of hydrogen-bond donors (Lipinski definition) is 2. The SMILES string of the molecule is C[C@@H](CN1C2CCC1CC(F)C2)Oc1nc(N2CC3CCC(C2)N3)c2cc(C(F)(F)F)c(-c3ccc(F)c4sc(N)nc34)c(Cl)c2n1. The lowest BCUT2D eigenvalue weighted by Gasteiger charge is -2.37. The zero-order valence-electron chi connectivity index (χ0n) is 25.5. The molecule has 8 nitrogen and oxygen atoms in total. The zero-order valence-corrected chi connectivity index (χ0v) is 27.0. The molecule has 4 aromatic rings. The van der Waals surface area contributed by atoms with Gasteiger partial charge in [-0.15, -0.1) is 0 Å². The smallest absolute Gasteiger partial charge is 0.417 e. The molecule has 250 valence electrons. The molecule has 3 N–H and O–H groups in total. The van der Waals surface area contributed by atoms with Crippen LogP contribution in [0, 0.1) is 5.82 Å². The monoisotopic (exact) mass is 693 g/mol. The Morgan fingerprint density at radius 2 is 1.77 bits per heavy atom. The first-order chi connectivity index (χ1) is 22.4. The van der Waals surface area contributed by atoms with Crippen LogP contribution in [0.5, 0.6) is 6.01 Å². The molecule has 0 aliphatic carbocycles. The number of alkyl halides is 4. The number of benzene rings is 2. The van der Waals surface area contributed by atoms with Crippen LogP contribution in [-0.2, 0) is 6.18 Å². The van der Waals surface area contributed by atoms with Crippen molar-refractivity contribution in [3.8, 4) is 17.1 Å². The van der Waals surface area contributed by atoms with E-state index in [-0.39, 0.29) is 78.7 Å². The van der Waals surface area contributed by atoms with Gasteiger partial charge in [-0.1, -0.05) is 22.9 Å². The second-order valence-electron chi connectivity index (χ2n) is 13.3. The predicted molar refractivity (Wildman–Crippen MR) is 172 cm³/mol. The van der Waals surface area contributed by atoms with Gasteiger partial charge in [-0.3, -0.25) is 4.90 Å². The van der Waals surface area contributed by atoms with Gasteiger partial charge in [0, 0.05) is 60.3 Å². The van der Waals surface area contributed by atoms with Crippen LogP contribution >= 0.6 is 22.9 Å². The van der Waals surface area contributed by atoms with Crippen molar-refractivity contribution in [1.82, 2.24) is 25.2 Å². The van der Waals surface area contributed by atoms with E-state index in [0.717, 1.165) is 49.2 Å². The van der Waals surface area contributed by atoms with Gasteiger partial charge in [0.2, 0.25) is 0 Å². The maximum atomic E-state index is 14.9. The van der Waals surface area contributed by atoms with Gasteiger partial charge < -0.3 is 20.7 Å². The molecule has 15 heteroatoms. The Morgan fingerprint density at radius 3 is 2.45 bits per heavy atom. The average Bonchev–Trinajstić information content (AvgIpc) is 3.64. The van der Waals surface area contributed by atoms with Gasteiger partial charge >= 0.3 is 12.2 Å². The summed E-state index contributed by atoms with van der Waals surface area (Å²) in [5.41, 5.74) is 4.57. The summed E-state index contributed by atoms with van der Waals surface area (Å²) in [7, 11) is 0. The Hall–Kier alpha value is -3.07. The minimum atomic E-state index is -4.83. The number of piperazine rings is 1. The minimum Gasteiger partial charge on any atom is -0.459 e. The number of fused-ring (bicyclic) bond motifs is 6. The van der Waals surface area contributed by atoms with Gasteiger partial charge in [0.1, 0.15) is 23.9 Å². The predicted octanol–water partition coefficient (Wildman–Crippen LogP) is 6.97. The summed E-state index contributed by atoms with van der Waals surface area (Å²) < 4.78 is 80.0. The molecule has 2 aromatic carbocycles. The molecular weight excluding hydrogens is 661 g/mol. The van der Waals surface area contributed by atoms with Gasteiger partial charge in [-0.2, -0.15) is 23.1 Å². The standard InChI is InChI=1S/C32H33ClF5N7OS/c1-14(11-45-18-4-5-19(45)9-15(34)8-18)46-31-42-26-21(29(43-31)44-12-16-2-3-17(13-44)40-16)10-22(32(36,37)38)24(25(26)33)20-6-7-23(35)28-27(20)41-30(39)47-28/h6-7,10,14-19,40H,2-5,8-9,11-13H2,1H3,(H2,39,41)/t14-,15?,16?,17?,18?,19?/m0/s1. The third kappa shape index (κ3) is 5.54. The Morgan fingerprint density at radius 1 is 1.06 bits per heavy atom. The largest absolute Gasteiger partial charge is 0.459 e. The molecule has 2 aromatic heterocycles. The van der Waals surface area contributed by atoms with Crippen LogP contribution in [0.1, 0.15) is 51.0 Å². The second-order valence-corrected chi connectivity index (χ2v) is 14.7. The average molecular weight is 694 g/mol. The molecule has 0 spiro atoms. The fourth-order valence-electron chi connectivity index (χ4n) is 8.16. The Balaban J connectivity index is 1.26. The number of nitrogens with one attached hydrogen (secondary N) is 1. The number of ether oxygens (including phenoxy) is 1. The number of halogens is 6. The van der Waals surface area contributed by atoms with E-state index >= 15 is 0 Å². The van der Waals surface area contributed by atoms with Crippen LogP contribution in [0.15, 0.2) is 18.2 Å². The highest BCUT2D eigenvalue weighted by Crippen LogP contribution is 2.48. The Kier molecular flexibility index (Phi) is 7.65. The highest BCUT2D eigenvalue weighted by molar-refractivity contribution is 7.22. The van der Waals surface area contributed by atoms with E-state index in [1.807, 2.05) is 11.8 Å². The number of piperidine rings is 1. The summed E-state index contributed by atoms with van der Waals surface area (Å²) in [4.78, 5) is 17.8. The number of hydrogen-bond acceptors (Lipinski definition) is 9. The van der Waals surface area contributed by atoms with Gasteiger partial charge in [0.15, 0.2) is 5.13 Å². The zero-order chi connectivity index (χ0) is 32.8. The lowest BCUT2D eigenvalue weighted by Crippen LogP contribution is -2.51. The summed E-state index contributed by atoms with van der Waals surface area (Å²) in [5, 5.41) is 3.44. The molecule has 0 radical (unpaired) electrons. The summed E-state index contributed by atoms with van der Waals surface area (Å²) in [5.74, 6) is -0.328. The molecule has 4 aliphatic heterocycles. The van der Waals surface area contributed by atoms with Crippen molar-refractivity contribution < 1.29 is 26.7 Å². The highest BCUT2D eigenvalue weighted by atomic mass is 35.5. The van der Waals surface area contributed by atoms with Crippen LogP contribution in [0.4, 0.5) is 32.9 Å². The highest BCUT2D eigenvalue weighted by Gasteiger charge is 2.42. The maximum Gasteiger partial charge on any atom is 0.417 e. The van der Waals surface area contributed by atoms with E-state index in [0.29, 0.717) is 38.3 Å². The Labute approximate surface area is 276 Å². The summed E-state index contributed by atoms with van der Waals surface area (Å²) in [6.45, 7) is 3.54. The lowest BCUT2D eigenvalue weighted by atomic mass is 9.95. The molecule has 4 fully saturated rings. The fourth-order valence-corrected chi connectivity index (χ4v) is 9.27. The van der Waals surface area contributed by atoms with E-state index < -0.39 is 23.7 Å². The van der Waals surface area contributed by atoms with Crippen molar-refractivity contribution >= 4 is 55.0 Å². The molecule has 4 saturated heterocycles. The van der Waals surface area contributed by atoms with E-state index in [2.05, 4.69) is 20.2 Å². The first kappa shape index (κ1) is 31.2. The van der Waals surface area contributed by atoms with Crippen LogP contribution in [0.2, 0.25) is 5.02 Å². The van der Waals surface area contributed by atoms with Gasteiger partial charge in [-0.25, -0.2) is 13.8 Å². The van der Waals surface area contributed by atoms with Crippen LogP contribution < -0.4 is 20.7 Å². The third-order valence-corrected chi connectivity index (χ3v) is 11.4. The number of anilines is 2. The molecule has 0 amide bonds. The van der Waals surface area contributed by atoms with E-state index in [1.165, 1.54) is 6.07 Å². The van der Waals surface area contributed by atoms with E-state index in [4.69, 9.17) is 27.1 Å². The number of nitrogen functional groups attached to an aromatic ring is 1. The Bertz CT molecular complexity index is 1850. The van der Waals surface area contributed by atoms with Crippen LogP contribution in [0.25, 0.3) is 32.2 Å². The van der Waals surface area contributed by atoms with Crippen molar-refractivity contribution in [3.05, 3.63) is 34.6 Å². The molecular formula is C32H33ClF5N7OS. The first-order valence-electron chi connectivity index (χ1n) is 16.0. The van der Waals surface area contributed by atoms with Crippen molar-refractivity contribution in [2.24, 2.45) is 0 Å². The molecule has 4 unspecified atom stereocenters. The molecule has 4 aliphatic rings. The molecule has 5 atom stereocenters. The second kappa shape index (κ2) is 11.5. The number of thiazole rings is 1. The molecule has 6 heterocycles. The molecule has 0 saturated carbocycles. The molecule has 4 bridgehead atoms. The van der Waals surface area contributed by atoms with Crippen molar-refractivity contribution in [3.63, 3.8) is 0 Å². The number of nitrogens with zero attached hydrogens (tertiary/aromatic N) is 5. The first-order valence-corrected chi connectivity index (χ1v) is 17.2. The van der Waals surface area contributed by atoms with E-state index in [1.54, 1.807) is 0 Å². The quantitative estimate of drug-likeness (QED) is 0.209. The summed E-state index contributed by atoms with van der Waals surface area (Å²) in [6, 6.07) is 4.02. The minimum absolute atomic E-state index is 0.00321. The van der Waals surface area contributed by atoms with Crippen LogP contribution in [-0.4, -0.2) is 75.9 Å². The topological polar surface area (TPSA) is 92.4 Å². The van der Waals surface area contributed by atoms with Crippen LogP contribution in [0.3, 0.4) is 0 Å². The number of rotatable bonds is 6. The van der Waals surface area contributed by atoms with Crippen molar-refractivity contribution in [2.75, 3.05) is 30.3 Å². The maximum absolute atomic E-state index is 14.9. The molecule has 47 heavy (non-hydrogen) atoms. The van der Waals surface area contributed by atoms with Gasteiger partial charge in [0.05, 0.1) is 26.3 Å².